The smallest absolute Gasteiger partial charge is 0.256 e. The standard InChI is InChI=1S/C25H20F2N4O3/c1-30-9-18-16(4-5-23(24(18)29-30)34-15-12-33-13-15)14-7-20(26)19(21(27)8-14)10-31-11-22-17(25(31)32)3-2-6-28-22/h2-9,15H,10-13H2,1H3. The molecule has 1 amide bonds. The zero-order valence-electron chi connectivity index (χ0n) is 18.3. The molecule has 0 radical (unpaired) electrons. The topological polar surface area (TPSA) is 69.5 Å². The second-order valence-electron chi connectivity index (χ2n) is 8.53. The van der Waals surface area contributed by atoms with E-state index in [9.17, 15) is 4.79 Å². The SMILES string of the molecule is Cn1cc2c(-c3cc(F)c(CN4Cc5ncccc5C4=O)c(F)c3)ccc(OC3COC3)c2n1. The van der Waals surface area contributed by atoms with Crippen LogP contribution in [0.2, 0.25) is 0 Å². The van der Waals surface area contributed by atoms with Gasteiger partial charge in [-0.15, -0.1) is 0 Å². The molecule has 6 rings (SSSR count). The number of nitrogens with zero attached hydrogens (tertiary/aromatic N) is 4. The first kappa shape index (κ1) is 20.7. The van der Waals surface area contributed by atoms with Crippen LogP contribution in [0.1, 0.15) is 21.6 Å². The molecule has 34 heavy (non-hydrogen) atoms. The number of amides is 1. The number of rotatable bonds is 5. The molecule has 0 atom stereocenters. The highest BCUT2D eigenvalue weighted by atomic mass is 19.1. The summed E-state index contributed by atoms with van der Waals surface area (Å²) in [6.45, 7) is 1.09. The first-order chi connectivity index (χ1) is 16.5. The number of aryl methyl sites for hydroxylation is 1. The van der Waals surface area contributed by atoms with E-state index in [1.807, 2.05) is 0 Å². The van der Waals surface area contributed by atoms with Gasteiger partial charge in [-0.2, -0.15) is 5.10 Å². The third-order valence-corrected chi connectivity index (χ3v) is 6.20. The van der Waals surface area contributed by atoms with Crippen molar-refractivity contribution in [2.45, 2.75) is 19.2 Å². The van der Waals surface area contributed by atoms with Crippen molar-refractivity contribution in [2.24, 2.45) is 7.05 Å². The van der Waals surface area contributed by atoms with Crippen molar-refractivity contribution in [1.29, 1.82) is 0 Å². The Morgan fingerprint density at radius 3 is 2.65 bits per heavy atom. The largest absolute Gasteiger partial charge is 0.483 e. The third-order valence-electron chi connectivity index (χ3n) is 6.20. The number of carbonyl (C=O) groups excluding carboxylic acids is 1. The maximum absolute atomic E-state index is 15.2. The molecule has 2 aliphatic heterocycles. The molecular weight excluding hydrogens is 442 g/mol. The van der Waals surface area contributed by atoms with E-state index in [2.05, 4.69) is 10.1 Å². The fourth-order valence-electron chi connectivity index (χ4n) is 4.41. The lowest BCUT2D eigenvalue weighted by molar-refractivity contribution is -0.0791. The van der Waals surface area contributed by atoms with E-state index in [-0.39, 0.29) is 30.7 Å². The highest BCUT2D eigenvalue weighted by Gasteiger charge is 2.30. The molecule has 2 aliphatic rings. The van der Waals surface area contributed by atoms with Crippen LogP contribution < -0.4 is 4.74 Å². The van der Waals surface area contributed by atoms with Gasteiger partial charge in [0.05, 0.1) is 37.6 Å². The van der Waals surface area contributed by atoms with Gasteiger partial charge in [-0.05, 0) is 47.5 Å². The second-order valence-corrected chi connectivity index (χ2v) is 8.53. The maximum atomic E-state index is 15.2. The number of aromatic nitrogens is 3. The number of hydrogen-bond acceptors (Lipinski definition) is 5. The van der Waals surface area contributed by atoms with Gasteiger partial charge in [0, 0.05) is 30.4 Å². The van der Waals surface area contributed by atoms with Gasteiger partial charge in [0.2, 0.25) is 0 Å². The van der Waals surface area contributed by atoms with Crippen molar-refractivity contribution in [3.63, 3.8) is 0 Å². The van der Waals surface area contributed by atoms with Crippen LogP contribution in [0.4, 0.5) is 8.78 Å². The molecule has 0 saturated carbocycles. The molecule has 9 heteroatoms. The average molecular weight is 462 g/mol. The minimum absolute atomic E-state index is 0.0279. The number of halogens is 2. The molecular formula is C25H20F2N4O3. The number of pyridine rings is 1. The van der Waals surface area contributed by atoms with Gasteiger partial charge in [0.25, 0.3) is 5.91 Å². The molecule has 1 fully saturated rings. The van der Waals surface area contributed by atoms with Crippen LogP contribution in [0.25, 0.3) is 22.0 Å². The number of fused-ring (bicyclic) bond motifs is 2. The lowest BCUT2D eigenvalue weighted by atomic mass is 9.99. The van der Waals surface area contributed by atoms with E-state index in [4.69, 9.17) is 9.47 Å². The molecule has 0 unspecified atom stereocenters. The summed E-state index contributed by atoms with van der Waals surface area (Å²) in [7, 11) is 1.78. The van der Waals surface area contributed by atoms with E-state index >= 15 is 8.78 Å². The molecule has 0 N–H and O–H groups in total. The summed E-state index contributed by atoms with van der Waals surface area (Å²) < 4.78 is 43.1. The fraction of sp³-hybridized carbons (Fsp3) is 0.240. The summed E-state index contributed by atoms with van der Waals surface area (Å²) in [6, 6.07) is 9.48. The monoisotopic (exact) mass is 462 g/mol. The minimum Gasteiger partial charge on any atom is -0.483 e. The maximum Gasteiger partial charge on any atom is 0.256 e. The Morgan fingerprint density at radius 2 is 1.94 bits per heavy atom. The summed E-state index contributed by atoms with van der Waals surface area (Å²) in [5.74, 6) is -1.10. The van der Waals surface area contributed by atoms with E-state index in [0.29, 0.717) is 46.9 Å². The number of ether oxygens (including phenoxy) is 2. The van der Waals surface area contributed by atoms with Gasteiger partial charge >= 0.3 is 0 Å². The molecule has 0 bridgehead atoms. The van der Waals surface area contributed by atoms with Crippen molar-refractivity contribution in [3.05, 3.63) is 77.2 Å². The molecule has 4 aromatic rings. The van der Waals surface area contributed by atoms with Crippen molar-refractivity contribution < 1.29 is 23.0 Å². The van der Waals surface area contributed by atoms with Gasteiger partial charge in [-0.3, -0.25) is 14.5 Å². The van der Waals surface area contributed by atoms with E-state index in [0.717, 1.165) is 5.39 Å². The molecule has 1 saturated heterocycles. The molecule has 7 nitrogen and oxygen atoms in total. The van der Waals surface area contributed by atoms with Crippen LogP contribution in [0.15, 0.2) is 48.8 Å². The van der Waals surface area contributed by atoms with Gasteiger partial charge in [-0.1, -0.05) is 0 Å². The van der Waals surface area contributed by atoms with Crippen LogP contribution in [-0.4, -0.2) is 44.9 Å². The summed E-state index contributed by atoms with van der Waals surface area (Å²) >= 11 is 0. The highest BCUT2D eigenvalue weighted by Crippen LogP contribution is 2.36. The van der Waals surface area contributed by atoms with E-state index < -0.39 is 11.6 Å². The van der Waals surface area contributed by atoms with Crippen molar-refractivity contribution in [1.82, 2.24) is 19.7 Å². The molecule has 0 aliphatic carbocycles. The van der Waals surface area contributed by atoms with Crippen molar-refractivity contribution >= 4 is 16.8 Å². The van der Waals surface area contributed by atoms with Gasteiger partial charge in [0.1, 0.15) is 29.0 Å². The molecule has 0 spiro atoms. The number of carbonyl (C=O) groups is 1. The van der Waals surface area contributed by atoms with Crippen LogP contribution in [0.5, 0.6) is 5.75 Å². The second kappa shape index (κ2) is 7.88. The normalized spacial score (nSPS) is 15.6. The lowest BCUT2D eigenvalue weighted by Crippen LogP contribution is -2.38. The molecule has 2 aromatic heterocycles. The Hall–Kier alpha value is -3.85. The first-order valence-corrected chi connectivity index (χ1v) is 10.9. The van der Waals surface area contributed by atoms with Gasteiger partial charge in [0.15, 0.2) is 0 Å². The summed E-state index contributed by atoms with van der Waals surface area (Å²) in [5, 5.41) is 5.21. The fourth-order valence-corrected chi connectivity index (χ4v) is 4.41. The van der Waals surface area contributed by atoms with Crippen LogP contribution in [-0.2, 0) is 24.9 Å². The zero-order chi connectivity index (χ0) is 23.4. The number of hydrogen-bond donors (Lipinski definition) is 0. The van der Waals surface area contributed by atoms with E-state index in [1.54, 1.807) is 48.4 Å². The Labute approximate surface area is 193 Å². The average Bonchev–Trinajstić information content (AvgIpc) is 3.33. The number of benzene rings is 2. The summed E-state index contributed by atoms with van der Waals surface area (Å²) in [6.07, 6.45) is 3.37. The van der Waals surface area contributed by atoms with Crippen LogP contribution >= 0.6 is 0 Å². The Kier molecular flexibility index (Phi) is 4.80. The Morgan fingerprint density at radius 1 is 1.15 bits per heavy atom. The van der Waals surface area contributed by atoms with Crippen molar-refractivity contribution in [2.75, 3.05) is 13.2 Å². The Balaban J connectivity index is 1.33. The van der Waals surface area contributed by atoms with Gasteiger partial charge in [-0.25, -0.2) is 8.78 Å². The zero-order valence-corrected chi connectivity index (χ0v) is 18.3. The first-order valence-electron chi connectivity index (χ1n) is 10.9. The minimum atomic E-state index is -0.712. The van der Waals surface area contributed by atoms with Gasteiger partial charge < -0.3 is 14.4 Å². The Bertz CT molecular complexity index is 1420. The summed E-state index contributed by atoms with van der Waals surface area (Å²) in [4.78, 5) is 18.2. The molecule has 172 valence electrons. The lowest BCUT2D eigenvalue weighted by Gasteiger charge is -2.26. The van der Waals surface area contributed by atoms with Crippen molar-refractivity contribution in [3.8, 4) is 16.9 Å². The predicted octanol–water partition coefficient (Wildman–Crippen LogP) is 3.85. The molecule has 4 heterocycles. The summed E-state index contributed by atoms with van der Waals surface area (Å²) in [5.41, 5.74) is 2.56. The molecule has 2 aromatic carbocycles. The van der Waals surface area contributed by atoms with Crippen LogP contribution in [0.3, 0.4) is 0 Å². The van der Waals surface area contributed by atoms with Crippen LogP contribution in [0, 0.1) is 11.6 Å². The predicted molar refractivity (Wildman–Crippen MR) is 119 cm³/mol. The van der Waals surface area contributed by atoms with E-state index in [1.165, 1.54) is 17.0 Å². The highest BCUT2D eigenvalue weighted by molar-refractivity contribution is 5.98. The quantitative estimate of drug-likeness (QED) is 0.451. The third kappa shape index (κ3) is 3.40.